The molecule has 2 atom stereocenters. The zero-order valence-corrected chi connectivity index (χ0v) is 16.5. The van der Waals surface area contributed by atoms with Gasteiger partial charge in [0.25, 0.3) is 11.8 Å². The van der Waals surface area contributed by atoms with Gasteiger partial charge in [-0.3, -0.25) is 9.59 Å². The van der Waals surface area contributed by atoms with Gasteiger partial charge in [-0.15, -0.1) is 0 Å². The zero-order chi connectivity index (χ0) is 20.1. The third kappa shape index (κ3) is 3.02. The van der Waals surface area contributed by atoms with Crippen LogP contribution in [0.3, 0.4) is 0 Å². The highest BCUT2D eigenvalue weighted by Gasteiger charge is 2.63. The van der Waals surface area contributed by atoms with E-state index in [1.807, 2.05) is 4.90 Å². The van der Waals surface area contributed by atoms with E-state index in [9.17, 15) is 14.7 Å². The molecule has 4 rings (SSSR count). The van der Waals surface area contributed by atoms with Crippen molar-refractivity contribution in [3.63, 3.8) is 0 Å². The summed E-state index contributed by atoms with van der Waals surface area (Å²) in [6.45, 7) is 7.61. The number of anilines is 1. The van der Waals surface area contributed by atoms with Gasteiger partial charge in [0, 0.05) is 29.8 Å². The maximum Gasteiger partial charge on any atom is 0.291 e. The Labute approximate surface area is 164 Å². The van der Waals surface area contributed by atoms with Crippen LogP contribution in [-0.4, -0.2) is 41.5 Å². The lowest BCUT2D eigenvalue weighted by Crippen LogP contribution is -2.54. The standard InChI is InChI=1S/C22H26N2O4/c1-14-4-9-17(28-14)19(26)23-16-7-5-15(6-8-16)20(27)24-10-18-21(2,3)11-22(18,12-24)13-25/h4-9,18,25H,10-13H2,1-3H3,(H,23,26)/t18-,22-/m1/s1. The van der Waals surface area contributed by atoms with E-state index in [0.29, 0.717) is 36.0 Å². The van der Waals surface area contributed by atoms with E-state index >= 15 is 0 Å². The van der Waals surface area contributed by atoms with Crippen LogP contribution in [0.25, 0.3) is 0 Å². The van der Waals surface area contributed by atoms with E-state index in [0.717, 1.165) is 6.42 Å². The Kier molecular flexibility index (Phi) is 4.34. The number of furan rings is 1. The summed E-state index contributed by atoms with van der Waals surface area (Å²) in [6, 6.07) is 10.3. The van der Waals surface area contributed by atoms with Crippen molar-refractivity contribution in [1.29, 1.82) is 0 Å². The number of fused-ring (bicyclic) bond motifs is 1. The summed E-state index contributed by atoms with van der Waals surface area (Å²) < 4.78 is 5.32. The second-order valence-corrected chi connectivity index (χ2v) is 8.87. The number of aryl methyl sites for hydroxylation is 1. The van der Waals surface area contributed by atoms with Crippen LogP contribution < -0.4 is 5.32 Å². The Morgan fingerprint density at radius 2 is 1.93 bits per heavy atom. The molecule has 2 N–H and O–H groups in total. The first-order chi connectivity index (χ1) is 13.2. The maximum absolute atomic E-state index is 12.9. The quantitative estimate of drug-likeness (QED) is 0.850. The molecule has 2 fully saturated rings. The Morgan fingerprint density at radius 3 is 2.46 bits per heavy atom. The highest BCUT2D eigenvalue weighted by molar-refractivity contribution is 6.02. The molecule has 1 aromatic heterocycles. The van der Waals surface area contributed by atoms with Crippen LogP contribution in [-0.2, 0) is 0 Å². The molecule has 28 heavy (non-hydrogen) atoms. The molecule has 6 heteroatoms. The van der Waals surface area contributed by atoms with Gasteiger partial charge in [0.05, 0.1) is 6.61 Å². The van der Waals surface area contributed by atoms with Gasteiger partial charge in [-0.25, -0.2) is 0 Å². The fourth-order valence-electron chi connectivity index (χ4n) is 5.12. The number of likely N-dealkylation sites (tertiary alicyclic amines) is 1. The molecule has 0 spiro atoms. The van der Waals surface area contributed by atoms with E-state index < -0.39 is 0 Å². The number of nitrogens with zero attached hydrogens (tertiary/aromatic N) is 1. The monoisotopic (exact) mass is 382 g/mol. The van der Waals surface area contributed by atoms with Crippen LogP contribution in [0.5, 0.6) is 0 Å². The first kappa shape index (κ1) is 18.7. The molecule has 1 saturated heterocycles. The third-order valence-corrected chi connectivity index (χ3v) is 6.35. The predicted molar refractivity (Wildman–Crippen MR) is 105 cm³/mol. The molecule has 2 aliphatic rings. The molecule has 2 amide bonds. The highest BCUT2D eigenvalue weighted by Crippen LogP contribution is 2.62. The van der Waals surface area contributed by atoms with Gasteiger partial charge in [-0.2, -0.15) is 0 Å². The summed E-state index contributed by atoms with van der Waals surface area (Å²) in [5, 5.41) is 12.6. The Bertz CT molecular complexity index is 915. The minimum Gasteiger partial charge on any atom is -0.456 e. The fraction of sp³-hybridized carbons (Fsp3) is 0.455. The third-order valence-electron chi connectivity index (χ3n) is 6.35. The van der Waals surface area contributed by atoms with Crippen molar-refractivity contribution < 1.29 is 19.1 Å². The summed E-state index contributed by atoms with van der Waals surface area (Å²) in [6.07, 6.45) is 0.947. The van der Waals surface area contributed by atoms with E-state index in [2.05, 4.69) is 19.2 Å². The van der Waals surface area contributed by atoms with E-state index in [1.54, 1.807) is 43.3 Å². The number of benzene rings is 1. The maximum atomic E-state index is 12.9. The zero-order valence-electron chi connectivity index (χ0n) is 16.5. The molecule has 0 unspecified atom stereocenters. The second-order valence-electron chi connectivity index (χ2n) is 8.87. The van der Waals surface area contributed by atoms with Crippen LogP contribution in [0.2, 0.25) is 0 Å². The Balaban J connectivity index is 1.43. The molecule has 1 aliphatic heterocycles. The van der Waals surface area contributed by atoms with Gasteiger partial charge in [0.15, 0.2) is 5.76 Å². The number of carbonyl (C=O) groups excluding carboxylic acids is 2. The number of carbonyl (C=O) groups is 2. The number of hydrogen-bond donors (Lipinski definition) is 2. The summed E-state index contributed by atoms with van der Waals surface area (Å²) >= 11 is 0. The van der Waals surface area contributed by atoms with Crippen molar-refractivity contribution in [2.45, 2.75) is 27.2 Å². The molecular formula is C22H26N2O4. The molecule has 0 radical (unpaired) electrons. The van der Waals surface area contributed by atoms with Gasteiger partial charge in [-0.1, -0.05) is 13.8 Å². The smallest absolute Gasteiger partial charge is 0.291 e. The number of amides is 2. The number of aliphatic hydroxyl groups is 1. The van der Waals surface area contributed by atoms with Crippen LogP contribution >= 0.6 is 0 Å². The lowest BCUT2D eigenvalue weighted by molar-refractivity contribution is -0.0977. The van der Waals surface area contributed by atoms with Gasteiger partial charge in [-0.05, 0) is 61.1 Å². The predicted octanol–water partition coefficient (Wildman–Crippen LogP) is 3.32. The summed E-state index contributed by atoms with van der Waals surface area (Å²) in [4.78, 5) is 27.0. The Morgan fingerprint density at radius 1 is 1.21 bits per heavy atom. The minimum absolute atomic E-state index is 0.0300. The lowest BCUT2D eigenvalue weighted by atomic mass is 9.48. The van der Waals surface area contributed by atoms with E-state index in [-0.39, 0.29) is 35.0 Å². The number of hydrogen-bond acceptors (Lipinski definition) is 4. The summed E-state index contributed by atoms with van der Waals surface area (Å²) in [5.74, 6) is 0.911. The van der Waals surface area contributed by atoms with E-state index in [4.69, 9.17) is 4.42 Å². The topological polar surface area (TPSA) is 82.8 Å². The summed E-state index contributed by atoms with van der Waals surface area (Å²) in [5.41, 5.74) is 1.20. The number of rotatable bonds is 4. The molecule has 6 nitrogen and oxygen atoms in total. The van der Waals surface area contributed by atoms with Crippen molar-refractivity contribution in [3.05, 3.63) is 53.5 Å². The lowest BCUT2D eigenvalue weighted by Gasteiger charge is -2.55. The van der Waals surface area contributed by atoms with Crippen LogP contribution in [0.1, 0.15) is 46.9 Å². The highest BCUT2D eigenvalue weighted by atomic mass is 16.3. The van der Waals surface area contributed by atoms with E-state index in [1.165, 1.54) is 0 Å². The molecule has 148 valence electrons. The second kappa shape index (κ2) is 6.48. The van der Waals surface area contributed by atoms with Crippen molar-refractivity contribution in [2.75, 3.05) is 25.0 Å². The molecule has 1 saturated carbocycles. The molecular weight excluding hydrogens is 356 g/mol. The first-order valence-electron chi connectivity index (χ1n) is 9.62. The average Bonchev–Trinajstić information content (AvgIpc) is 3.24. The summed E-state index contributed by atoms with van der Waals surface area (Å²) in [7, 11) is 0. The van der Waals surface area contributed by atoms with Crippen molar-refractivity contribution in [3.8, 4) is 0 Å². The largest absolute Gasteiger partial charge is 0.456 e. The average molecular weight is 382 g/mol. The molecule has 0 bridgehead atoms. The van der Waals surface area contributed by atoms with Gasteiger partial charge in [0.1, 0.15) is 5.76 Å². The molecule has 2 heterocycles. The van der Waals surface area contributed by atoms with Crippen LogP contribution in [0.15, 0.2) is 40.8 Å². The first-order valence-corrected chi connectivity index (χ1v) is 9.62. The van der Waals surface area contributed by atoms with Crippen molar-refractivity contribution >= 4 is 17.5 Å². The van der Waals surface area contributed by atoms with Crippen molar-refractivity contribution in [1.82, 2.24) is 4.90 Å². The number of aliphatic hydroxyl groups excluding tert-OH is 1. The van der Waals surface area contributed by atoms with Crippen molar-refractivity contribution in [2.24, 2.45) is 16.7 Å². The SMILES string of the molecule is Cc1ccc(C(=O)Nc2ccc(C(=O)N3C[C@@H]4C(C)(C)C[C@]4(CO)C3)cc2)o1. The van der Waals surface area contributed by atoms with Gasteiger partial charge >= 0.3 is 0 Å². The molecule has 2 aromatic rings. The van der Waals surface area contributed by atoms with Crippen LogP contribution in [0, 0.1) is 23.7 Å². The Hall–Kier alpha value is -2.60. The number of nitrogens with one attached hydrogen (secondary N) is 1. The molecule has 1 aliphatic carbocycles. The molecule has 1 aromatic carbocycles. The van der Waals surface area contributed by atoms with Gasteiger partial charge in [0.2, 0.25) is 0 Å². The minimum atomic E-state index is -0.324. The fourth-order valence-corrected chi connectivity index (χ4v) is 5.12. The normalized spacial score (nSPS) is 25.1. The van der Waals surface area contributed by atoms with Gasteiger partial charge < -0.3 is 19.7 Å². The van der Waals surface area contributed by atoms with Crippen LogP contribution in [0.4, 0.5) is 5.69 Å².